The largest absolute Gasteiger partial charge is 0.399 e. The van der Waals surface area contributed by atoms with Crippen LogP contribution in [0.3, 0.4) is 0 Å². The van der Waals surface area contributed by atoms with Crippen LogP contribution in [0, 0.1) is 0 Å². The second-order valence-electron chi connectivity index (χ2n) is 12.2. The monoisotopic (exact) mass is 584 g/mol. The maximum absolute atomic E-state index is 14.2. The molecule has 2 aliphatic heterocycles. The Bertz CT molecular complexity index is 1800. The van der Waals surface area contributed by atoms with E-state index in [1.54, 1.807) is 22.9 Å². The van der Waals surface area contributed by atoms with Gasteiger partial charge in [0, 0.05) is 48.7 Å². The van der Waals surface area contributed by atoms with Crippen molar-refractivity contribution in [3.05, 3.63) is 107 Å². The van der Waals surface area contributed by atoms with Crippen molar-refractivity contribution in [3.8, 4) is 0 Å². The van der Waals surface area contributed by atoms with Crippen molar-refractivity contribution >= 4 is 17.6 Å². The Balaban J connectivity index is 1.10. The topological polar surface area (TPSA) is 102 Å². The van der Waals surface area contributed by atoms with Gasteiger partial charge in [0.1, 0.15) is 17.1 Å². The molecule has 2 amide bonds. The van der Waals surface area contributed by atoms with Crippen molar-refractivity contribution in [2.75, 3.05) is 5.32 Å². The van der Waals surface area contributed by atoms with Crippen LogP contribution in [0.5, 0.6) is 0 Å². The average molecular weight is 585 g/mol. The molecule has 0 bridgehead atoms. The number of benzene rings is 1. The molecule has 1 saturated carbocycles. The van der Waals surface area contributed by atoms with Gasteiger partial charge in [-0.1, -0.05) is 36.4 Å². The smallest absolute Gasteiger partial charge is 0.342 e. The molecule has 2 aliphatic carbocycles. The maximum atomic E-state index is 14.2. The second kappa shape index (κ2) is 8.98. The average Bonchev–Trinajstić information content (AvgIpc) is 3.45. The Morgan fingerprint density at radius 2 is 1.84 bits per heavy atom. The Hall–Kier alpha value is -4.54. The number of nitrogens with one attached hydrogen (secondary N) is 2. The van der Waals surface area contributed by atoms with Crippen molar-refractivity contribution in [1.29, 1.82) is 0 Å². The number of hydrogen-bond acceptors (Lipinski definition) is 5. The van der Waals surface area contributed by atoms with E-state index in [0.29, 0.717) is 43.0 Å². The minimum Gasteiger partial charge on any atom is -0.342 e. The van der Waals surface area contributed by atoms with Gasteiger partial charge >= 0.3 is 6.18 Å². The molecule has 2 N–H and O–H groups in total. The van der Waals surface area contributed by atoms with E-state index in [2.05, 4.69) is 25.6 Å². The van der Waals surface area contributed by atoms with Gasteiger partial charge < -0.3 is 15.2 Å². The van der Waals surface area contributed by atoms with Crippen LogP contribution in [0.4, 0.5) is 19.0 Å². The van der Waals surface area contributed by atoms with Crippen LogP contribution in [0.25, 0.3) is 0 Å². The summed E-state index contributed by atoms with van der Waals surface area (Å²) in [4.78, 5) is 40.0. The van der Waals surface area contributed by atoms with E-state index in [9.17, 15) is 22.8 Å². The number of rotatable bonds is 4. The lowest BCUT2D eigenvalue weighted by atomic mass is 9.80. The summed E-state index contributed by atoms with van der Waals surface area (Å²) in [5.74, 6) is 0.363. The van der Waals surface area contributed by atoms with Crippen molar-refractivity contribution in [2.45, 2.75) is 67.6 Å². The molecule has 5 heterocycles. The van der Waals surface area contributed by atoms with Crippen molar-refractivity contribution < 1.29 is 22.8 Å². The number of hydrogen-bond donors (Lipinski definition) is 2. The number of carbonyl (C=O) groups excluding carboxylic acids is 2. The van der Waals surface area contributed by atoms with Gasteiger partial charge in [-0.2, -0.15) is 13.2 Å². The number of anilines is 1. The molecule has 1 unspecified atom stereocenters. The number of alkyl halides is 3. The predicted octanol–water partition coefficient (Wildman–Crippen LogP) is 4.91. The van der Waals surface area contributed by atoms with Gasteiger partial charge in [-0.05, 0) is 48.9 Å². The number of halogens is 3. The summed E-state index contributed by atoms with van der Waals surface area (Å²) >= 11 is 0. The molecule has 1 fully saturated rings. The van der Waals surface area contributed by atoms with Gasteiger partial charge in [-0.15, -0.1) is 0 Å². The third-order valence-electron chi connectivity index (χ3n) is 9.75. The number of pyridine rings is 2. The van der Waals surface area contributed by atoms with E-state index in [1.807, 2.05) is 36.4 Å². The lowest BCUT2D eigenvalue weighted by molar-refractivity contribution is -0.162. The zero-order valence-electron chi connectivity index (χ0n) is 23.0. The molecule has 3 atom stereocenters. The van der Waals surface area contributed by atoms with Gasteiger partial charge in [0.15, 0.2) is 0 Å². The fraction of sp³-hybridized carbons (Fsp3) is 0.344. The van der Waals surface area contributed by atoms with E-state index < -0.39 is 23.0 Å². The lowest BCUT2D eigenvalue weighted by Crippen LogP contribution is -2.38. The van der Waals surface area contributed by atoms with Crippen LogP contribution in [-0.4, -0.2) is 37.5 Å². The van der Waals surface area contributed by atoms with E-state index in [1.165, 1.54) is 12.4 Å². The number of carbonyl (C=O) groups is 2. The highest BCUT2D eigenvalue weighted by molar-refractivity contribution is 6.06. The molecule has 0 radical (unpaired) electrons. The van der Waals surface area contributed by atoms with Crippen LogP contribution in [-0.2, 0) is 35.0 Å². The Labute approximate surface area is 244 Å². The van der Waals surface area contributed by atoms with Crippen LogP contribution < -0.4 is 10.6 Å². The van der Waals surface area contributed by atoms with Gasteiger partial charge in [0.2, 0.25) is 5.91 Å². The number of nitrogens with zero attached hydrogens (tertiary/aromatic N) is 4. The Morgan fingerprint density at radius 1 is 1.02 bits per heavy atom. The van der Waals surface area contributed by atoms with E-state index >= 15 is 0 Å². The summed E-state index contributed by atoms with van der Waals surface area (Å²) in [6.45, 7) is 0.361. The maximum Gasteiger partial charge on any atom is 0.399 e. The zero-order chi connectivity index (χ0) is 29.6. The molecule has 1 spiro atoms. The fourth-order valence-electron chi connectivity index (χ4n) is 7.31. The SMILES string of the molecule is O=C(N[C@H]1C[C@@H](c2ccccc2)Cn2c(C3(C(F)(F)F)CC3)cnc21)c1cnc2c(c1)CC1(C2)C(=O)Nc2ncccc21. The highest BCUT2D eigenvalue weighted by atomic mass is 19.4. The first-order valence-electron chi connectivity index (χ1n) is 14.4. The fourth-order valence-corrected chi connectivity index (χ4v) is 7.31. The first-order valence-corrected chi connectivity index (χ1v) is 14.4. The molecular weight excluding hydrogens is 557 g/mol. The third-order valence-corrected chi connectivity index (χ3v) is 9.75. The summed E-state index contributed by atoms with van der Waals surface area (Å²) in [6, 6.07) is 14.5. The van der Waals surface area contributed by atoms with Crippen molar-refractivity contribution in [2.24, 2.45) is 0 Å². The molecule has 4 aliphatic rings. The minimum absolute atomic E-state index is 0.0372. The first kappa shape index (κ1) is 26.1. The molecule has 3 aromatic heterocycles. The molecule has 0 saturated heterocycles. The molecule has 43 heavy (non-hydrogen) atoms. The first-order chi connectivity index (χ1) is 20.7. The quantitative estimate of drug-likeness (QED) is 0.355. The van der Waals surface area contributed by atoms with Crippen molar-refractivity contribution in [1.82, 2.24) is 24.8 Å². The molecule has 11 heteroatoms. The standard InChI is InChI=1S/C32H27F3N6O2/c33-32(34,35)31(8-9-31)25-16-38-27-23(12-21(17-41(25)27)18-5-2-1-3-6-18)39-28(42)20-11-19-13-30(14-24(19)37-15-20)22-7-4-10-36-26(22)40-29(30)43/h1-7,10-11,15-16,21,23H,8-9,12-14,17H2,(H,39,42)(H,36,40,43)/t21-,23+,30?/m1/s1. The van der Waals surface area contributed by atoms with Crippen LogP contribution in [0.15, 0.2) is 67.1 Å². The highest BCUT2D eigenvalue weighted by Crippen LogP contribution is 2.59. The van der Waals surface area contributed by atoms with Crippen molar-refractivity contribution in [3.63, 3.8) is 0 Å². The van der Waals surface area contributed by atoms with E-state index in [4.69, 9.17) is 0 Å². The van der Waals surface area contributed by atoms with E-state index in [0.717, 1.165) is 22.4 Å². The Kier molecular flexibility index (Phi) is 5.45. The molecular formula is C32H27F3N6O2. The highest BCUT2D eigenvalue weighted by Gasteiger charge is 2.66. The van der Waals surface area contributed by atoms with E-state index in [-0.39, 0.29) is 36.3 Å². The summed E-state index contributed by atoms with van der Waals surface area (Å²) in [5.41, 5.74) is 1.21. The summed E-state index contributed by atoms with van der Waals surface area (Å²) in [6.07, 6.45) is 1.49. The van der Waals surface area contributed by atoms with Crippen LogP contribution in [0.2, 0.25) is 0 Å². The summed E-state index contributed by atoms with van der Waals surface area (Å²) < 4.78 is 44.2. The molecule has 4 aromatic rings. The van der Waals surface area contributed by atoms with Crippen LogP contribution >= 0.6 is 0 Å². The van der Waals surface area contributed by atoms with Gasteiger partial charge in [-0.25, -0.2) is 9.97 Å². The summed E-state index contributed by atoms with van der Waals surface area (Å²) in [5, 5.41) is 5.93. The number of imidazole rings is 1. The molecule has 218 valence electrons. The van der Waals surface area contributed by atoms with Gasteiger partial charge in [-0.3, -0.25) is 14.6 Å². The molecule has 8 nitrogen and oxygen atoms in total. The zero-order valence-corrected chi connectivity index (χ0v) is 23.0. The third kappa shape index (κ3) is 3.86. The molecule has 8 rings (SSSR count). The number of fused-ring (bicyclic) bond motifs is 4. The van der Waals surface area contributed by atoms with Gasteiger partial charge in [0.05, 0.1) is 22.7 Å². The normalized spacial score (nSPS) is 24.7. The predicted molar refractivity (Wildman–Crippen MR) is 149 cm³/mol. The second-order valence-corrected chi connectivity index (χ2v) is 12.2. The van der Waals surface area contributed by atoms with Crippen LogP contribution in [0.1, 0.15) is 75.5 Å². The number of aromatic nitrogens is 4. The van der Waals surface area contributed by atoms with Gasteiger partial charge in [0.25, 0.3) is 5.91 Å². The summed E-state index contributed by atoms with van der Waals surface area (Å²) in [7, 11) is 0. The number of amides is 2. The molecule has 1 aromatic carbocycles. The minimum atomic E-state index is -4.37. The Morgan fingerprint density at radius 3 is 2.60 bits per heavy atom. The lowest BCUT2D eigenvalue weighted by Gasteiger charge is -2.33.